The van der Waals surface area contributed by atoms with Gasteiger partial charge in [-0.15, -0.1) is 10.2 Å². The Morgan fingerprint density at radius 1 is 1.24 bits per heavy atom. The first-order chi connectivity index (χ1) is 12.1. The SMILES string of the molecule is COC1(c2nnc(-c3cnn(-c4cccc(C)c4)c3C)o2)CCOC1. The topological polar surface area (TPSA) is 75.2 Å². The molecule has 1 aliphatic rings. The summed E-state index contributed by atoms with van der Waals surface area (Å²) in [6, 6.07) is 8.17. The van der Waals surface area contributed by atoms with Crippen molar-refractivity contribution < 1.29 is 13.9 Å². The molecule has 3 heterocycles. The lowest BCUT2D eigenvalue weighted by atomic mass is 10.0. The molecule has 7 nitrogen and oxygen atoms in total. The van der Waals surface area contributed by atoms with Crippen molar-refractivity contribution >= 4 is 0 Å². The highest BCUT2D eigenvalue weighted by molar-refractivity contribution is 5.56. The molecule has 1 aromatic carbocycles. The first-order valence-electron chi connectivity index (χ1n) is 8.22. The Hall–Kier alpha value is -2.51. The van der Waals surface area contributed by atoms with Crippen LogP contribution in [0.25, 0.3) is 17.1 Å². The monoisotopic (exact) mass is 340 g/mol. The molecule has 1 fully saturated rings. The van der Waals surface area contributed by atoms with Crippen molar-refractivity contribution in [3.8, 4) is 17.1 Å². The Morgan fingerprint density at radius 3 is 2.84 bits per heavy atom. The summed E-state index contributed by atoms with van der Waals surface area (Å²) in [5.74, 6) is 0.889. The summed E-state index contributed by atoms with van der Waals surface area (Å²) in [5.41, 5.74) is 3.28. The number of hydrogen-bond acceptors (Lipinski definition) is 6. The first-order valence-corrected chi connectivity index (χ1v) is 8.22. The lowest BCUT2D eigenvalue weighted by Gasteiger charge is -2.20. The molecule has 3 aromatic rings. The highest BCUT2D eigenvalue weighted by atomic mass is 16.6. The van der Waals surface area contributed by atoms with Gasteiger partial charge in [0.15, 0.2) is 5.60 Å². The molecule has 130 valence electrons. The van der Waals surface area contributed by atoms with E-state index in [1.54, 1.807) is 13.3 Å². The van der Waals surface area contributed by atoms with Gasteiger partial charge in [0.1, 0.15) is 0 Å². The first kappa shape index (κ1) is 16.0. The Bertz CT molecular complexity index is 893. The molecule has 1 aliphatic heterocycles. The lowest BCUT2D eigenvalue weighted by molar-refractivity contribution is -0.0407. The minimum Gasteiger partial charge on any atom is -0.417 e. The van der Waals surface area contributed by atoms with Crippen LogP contribution in [-0.4, -0.2) is 40.3 Å². The number of aromatic nitrogens is 4. The predicted octanol–water partition coefficient (Wildman–Crippen LogP) is 2.80. The van der Waals surface area contributed by atoms with E-state index in [1.165, 1.54) is 5.56 Å². The molecule has 0 bridgehead atoms. The lowest BCUT2D eigenvalue weighted by Crippen LogP contribution is -2.29. The van der Waals surface area contributed by atoms with E-state index >= 15 is 0 Å². The van der Waals surface area contributed by atoms with Gasteiger partial charge in [-0.25, -0.2) is 4.68 Å². The van der Waals surface area contributed by atoms with Crippen LogP contribution in [0.15, 0.2) is 34.9 Å². The average Bonchev–Trinajstić information content (AvgIpc) is 3.34. The van der Waals surface area contributed by atoms with Crippen LogP contribution in [0.3, 0.4) is 0 Å². The molecule has 2 aromatic heterocycles. The van der Waals surface area contributed by atoms with Gasteiger partial charge in [-0.1, -0.05) is 12.1 Å². The molecule has 1 unspecified atom stereocenters. The van der Waals surface area contributed by atoms with Crippen molar-refractivity contribution in [2.24, 2.45) is 0 Å². The van der Waals surface area contributed by atoms with Gasteiger partial charge in [0, 0.05) is 13.5 Å². The maximum absolute atomic E-state index is 5.92. The number of ether oxygens (including phenoxy) is 2. The highest BCUT2D eigenvalue weighted by Gasteiger charge is 2.42. The van der Waals surface area contributed by atoms with Crippen molar-refractivity contribution in [2.45, 2.75) is 25.9 Å². The summed E-state index contributed by atoms with van der Waals surface area (Å²) in [5, 5.41) is 12.9. The van der Waals surface area contributed by atoms with Crippen LogP contribution < -0.4 is 0 Å². The Balaban J connectivity index is 1.70. The second kappa shape index (κ2) is 6.09. The number of nitrogens with zero attached hydrogens (tertiary/aromatic N) is 4. The zero-order chi connectivity index (χ0) is 17.4. The standard InChI is InChI=1S/C18H20N4O3/c1-12-5-4-6-14(9-12)22-13(2)15(10-19-22)16-20-21-17(25-16)18(23-3)7-8-24-11-18/h4-6,9-10H,7-8,11H2,1-3H3. The molecule has 1 atom stereocenters. The highest BCUT2D eigenvalue weighted by Crippen LogP contribution is 2.35. The van der Waals surface area contributed by atoms with E-state index in [0.29, 0.717) is 31.4 Å². The summed E-state index contributed by atoms with van der Waals surface area (Å²) >= 11 is 0. The molecule has 25 heavy (non-hydrogen) atoms. The number of benzene rings is 1. The van der Waals surface area contributed by atoms with Crippen LogP contribution in [0.2, 0.25) is 0 Å². The van der Waals surface area contributed by atoms with Crippen LogP contribution in [0.1, 0.15) is 23.6 Å². The summed E-state index contributed by atoms with van der Waals surface area (Å²) in [4.78, 5) is 0. The van der Waals surface area contributed by atoms with Gasteiger partial charge in [-0.3, -0.25) is 0 Å². The maximum atomic E-state index is 5.92. The van der Waals surface area contributed by atoms with Gasteiger partial charge < -0.3 is 13.9 Å². The van der Waals surface area contributed by atoms with Gasteiger partial charge in [-0.05, 0) is 31.5 Å². The van der Waals surface area contributed by atoms with Gasteiger partial charge in [-0.2, -0.15) is 5.10 Å². The van der Waals surface area contributed by atoms with Crippen molar-refractivity contribution in [3.63, 3.8) is 0 Å². The molecular formula is C18H20N4O3. The molecule has 7 heteroatoms. The third-order valence-electron chi connectivity index (χ3n) is 4.68. The van der Waals surface area contributed by atoms with Gasteiger partial charge in [0.05, 0.1) is 36.4 Å². The van der Waals surface area contributed by atoms with Crippen molar-refractivity contribution in [2.75, 3.05) is 20.3 Å². The van der Waals surface area contributed by atoms with E-state index in [4.69, 9.17) is 13.9 Å². The van der Waals surface area contributed by atoms with Crippen LogP contribution >= 0.6 is 0 Å². The largest absolute Gasteiger partial charge is 0.417 e. The van der Waals surface area contributed by atoms with Crippen LogP contribution in [0, 0.1) is 13.8 Å². The fraction of sp³-hybridized carbons (Fsp3) is 0.389. The Kier molecular flexibility index (Phi) is 3.89. The van der Waals surface area contributed by atoms with Crippen molar-refractivity contribution in [1.82, 2.24) is 20.0 Å². The second-order valence-corrected chi connectivity index (χ2v) is 6.31. The van der Waals surface area contributed by atoms with E-state index in [2.05, 4.69) is 34.4 Å². The van der Waals surface area contributed by atoms with Crippen molar-refractivity contribution in [1.29, 1.82) is 0 Å². The molecule has 0 spiro atoms. The molecule has 1 saturated heterocycles. The van der Waals surface area contributed by atoms with Gasteiger partial charge >= 0.3 is 0 Å². The van der Waals surface area contributed by atoms with E-state index in [-0.39, 0.29) is 0 Å². The van der Waals surface area contributed by atoms with Crippen molar-refractivity contribution in [3.05, 3.63) is 47.6 Å². The molecular weight excluding hydrogens is 320 g/mol. The van der Waals surface area contributed by atoms with Crippen LogP contribution in [0.5, 0.6) is 0 Å². The van der Waals surface area contributed by atoms with Crippen LogP contribution in [0.4, 0.5) is 0 Å². The smallest absolute Gasteiger partial charge is 0.251 e. The number of aryl methyl sites for hydroxylation is 1. The van der Waals surface area contributed by atoms with E-state index in [1.807, 2.05) is 23.7 Å². The van der Waals surface area contributed by atoms with Gasteiger partial charge in [0.2, 0.25) is 0 Å². The second-order valence-electron chi connectivity index (χ2n) is 6.31. The van der Waals surface area contributed by atoms with Gasteiger partial charge in [0.25, 0.3) is 11.8 Å². The average molecular weight is 340 g/mol. The molecule has 0 saturated carbocycles. The Labute approximate surface area is 145 Å². The number of hydrogen-bond donors (Lipinski definition) is 0. The van der Waals surface area contributed by atoms with E-state index < -0.39 is 5.60 Å². The minimum atomic E-state index is -0.647. The quantitative estimate of drug-likeness (QED) is 0.727. The molecule has 0 amide bonds. The number of rotatable bonds is 4. The number of methoxy groups -OCH3 is 1. The minimum absolute atomic E-state index is 0.423. The maximum Gasteiger partial charge on any atom is 0.251 e. The zero-order valence-corrected chi connectivity index (χ0v) is 14.5. The molecule has 0 N–H and O–H groups in total. The normalized spacial score (nSPS) is 20.3. The molecule has 0 aliphatic carbocycles. The van der Waals surface area contributed by atoms with Crippen LogP contribution in [-0.2, 0) is 15.1 Å². The summed E-state index contributed by atoms with van der Waals surface area (Å²) in [6.45, 7) is 5.09. The third kappa shape index (κ3) is 2.65. The predicted molar refractivity (Wildman–Crippen MR) is 90.5 cm³/mol. The fourth-order valence-electron chi connectivity index (χ4n) is 3.12. The van der Waals surface area contributed by atoms with E-state index in [9.17, 15) is 0 Å². The zero-order valence-electron chi connectivity index (χ0n) is 14.5. The van der Waals surface area contributed by atoms with E-state index in [0.717, 1.165) is 16.9 Å². The third-order valence-corrected chi connectivity index (χ3v) is 4.68. The molecule has 4 rings (SSSR count). The molecule has 0 radical (unpaired) electrons. The summed E-state index contributed by atoms with van der Waals surface area (Å²) in [7, 11) is 1.64. The summed E-state index contributed by atoms with van der Waals surface area (Å²) in [6.07, 6.45) is 2.45. The fourth-order valence-corrected chi connectivity index (χ4v) is 3.12. The summed E-state index contributed by atoms with van der Waals surface area (Å²) < 4.78 is 18.9. The Morgan fingerprint density at radius 2 is 2.12 bits per heavy atom.